The maximum absolute atomic E-state index is 2.42. The fourth-order valence-corrected chi connectivity index (χ4v) is 8.80. The first-order valence-corrected chi connectivity index (χ1v) is 16.3. The van der Waals surface area contributed by atoms with Crippen molar-refractivity contribution >= 4 is 85.4 Å². The van der Waals surface area contributed by atoms with E-state index in [0.717, 1.165) is 0 Å². The van der Waals surface area contributed by atoms with E-state index in [4.69, 9.17) is 0 Å². The van der Waals surface area contributed by atoms with Crippen molar-refractivity contribution in [1.29, 1.82) is 0 Å². The molecule has 0 aliphatic carbocycles. The number of hydrogen-bond acceptors (Lipinski definition) is 1. The molecule has 1 heterocycles. The fourth-order valence-electron chi connectivity index (χ4n) is 7.43. The van der Waals surface area contributed by atoms with Crippen LogP contribution in [-0.2, 0) is 0 Å². The van der Waals surface area contributed by atoms with Crippen LogP contribution in [-0.4, -0.2) is 0 Å². The molecule has 0 amide bonds. The van der Waals surface area contributed by atoms with E-state index >= 15 is 0 Å². The lowest BCUT2D eigenvalue weighted by molar-refractivity contribution is 1.68. The molecule has 0 radical (unpaired) electrons. The summed E-state index contributed by atoms with van der Waals surface area (Å²) in [5.41, 5.74) is 5.06. The molecule has 0 N–H and O–H groups in total. The summed E-state index contributed by atoms with van der Waals surface area (Å²) in [6, 6.07) is 58.5. The number of hydrogen-bond donors (Lipinski definition) is 0. The molecule has 9 aromatic carbocycles. The van der Waals surface area contributed by atoms with Crippen LogP contribution in [0.2, 0.25) is 0 Å². The first-order chi connectivity index (χ1) is 22.3. The molecule has 0 fully saturated rings. The van der Waals surface area contributed by atoms with E-state index in [2.05, 4.69) is 158 Å². The molecule has 0 saturated carbocycles. The molecule has 0 saturated heterocycles. The van der Waals surface area contributed by atoms with Gasteiger partial charge in [-0.25, -0.2) is 0 Å². The Morgan fingerprint density at radius 2 is 0.778 bits per heavy atom. The molecule has 1 aromatic heterocycles. The summed E-state index contributed by atoms with van der Waals surface area (Å²) >= 11 is 1.92. The summed E-state index contributed by atoms with van der Waals surface area (Å²) in [4.78, 5) is 0. The molecule has 0 unspecified atom stereocenters. The topological polar surface area (TPSA) is 0 Å². The second kappa shape index (κ2) is 9.50. The second-order valence-electron chi connectivity index (χ2n) is 12.1. The van der Waals surface area contributed by atoms with E-state index in [-0.39, 0.29) is 0 Å². The summed E-state index contributed by atoms with van der Waals surface area (Å²) in [7, 11) is 0. The zero-order chi connectivity index (χ0) is 29.5. The summed E-state index contributed by atoms with van der Waals surface area (Å²) in [5, 5.41) is 15.6. The Kier molecular flexibility index (Phi) is 5.25. The van der Waals surface area contributed by atoms with Crippen molar-refractivity contribution in [3.63, 3.8) is 0 Å². The first kappa shape index (κ1) is 24.9. The Labute approximate surface area is 264 Å². The van der Waals surface area contributed by atoms with E-state index in [0.29, 0.717) is 0 Å². The zero-order valence-electron chi connectivity index (χ0n) is 24.4. The van der Waals surface area contributed by atoms with Gasteiger partial charge in [0, 0.05) is 20.2 Å². The van der Waals surface area contributed by atoms with Gasteiger partial charge >= 0.3 is 0 Å². The average molecular weight is 587 g/mol. The van der Waals surface area contributed by atoms with Crippen LogP contribution in [0.15, 0.2) is 158 Å². The van der Waals surface area contributed by atoms with E-state index in [1.54, 1.807) is 0 Å². The van der Waals surface area contributed by atoms with Crippen molar-refractivity contribution < 1.29 is 0 Å². The van der Waals surface area contributed by atoms with Gasteiger partial charge in [-0.3, -0.25) is 0 Å². The molecule has 0 aliphatic rings. The Bertz CT molecular complexity index is 2800. The van der Waals surface area contributed by atoms with Crippen molar-refractivity contribution in [3.05, 3.63) is 158 Å². The van der Waals surface area contributed by atoms with Gasteiger partial charge in [-0.05, 0) is 94.3 Å². The average Bonchev–Trinajstić information content (AvgIpc) is 3.51. The van der Waals surface area contributed by atoms with Crippen molar-refractivity contribution in [1.82, 2.24) is 0 Å². The smallest absolute Gasteiger partial charge is 0.0434 e. The highest BCUT2D eigenvalue weighted by atomic mass is 32.1. The van der Waals surface area contributed by atoms with Gasteiger partial charge in [0.15, 0.2) is 0 Å². The molecular weight excluding hydrogens is 561 g/mol. The number of fused-ring (bicyclic) bond motifs is 12. The lowest BCUT2D eigenvalue weighted by Gasteiger charge is -2.14. The van der Waals surface area contributed by atoms with Crippen LogP contribution in [0.25, 0.3) is 96.3 Å². The summed E-state index contributed by atoms with van der Waals surface area (Å²) in [6.45, 7) is 0. The van der Waals surface area contributed by atoms with Crippen molar-refractivity contribution in [3.8, 4) is 22.3 Å². The predicted octanol–water partition coefficient (Wildman–Crippen LogP) is 13.2. The number of thiophene rings is 1. The predicted molar refractivity (Wildman–Crippen MR) is 198 cm³/mol. The number of rotatable bonds is 2. The lowest BCUT2D eigenvalue weighted by atomic mass is 9.90. The largest absolute Gasteiger partial charge is 0.134 e. The Balaban J connectivity index is 1.20. The highest BCUT2D eigenvalue weighted by Crippen LogP contribution is 2.44. The second-order valence-corrected chi connectivity index (χ2v) is 13.1. The van der Waals surface area contributed by atoms with E-state index < -0.39 is 0 Å². The molecule has 1 heteroatoms. The quantitative estimate of drug-likeness (QED) is 0.177. The highest BCUT2D eigenvalue weighted by molar-refractivity contribution is 7.27. The minimum Gasteiger partial charge on any atom is -0.134 e. The van der Waals surface area contributed by atoms with Crippen LogP contribution in [0.1, 0.15) is 0 Å². The van der Waals surface area contributed by atoms with Crippen LogP contribution in [0.4, 0.5) is 0 Å². The van der Waals surface area contributed by atoms with Crippen LogP contribution in [0.5, 0.6) is 0 Å². The maximum Gasteiger partial charge on any atom is 0.0434 e. The molecular formula is C44H26S. The molecule has 0 nitrogen and oxygen atoms in total. The normalized spacial score (nSPS) is 12.0. The molecule has 45 heavy (non-hydrogen) atoms. The monoisotopic (exact) mass is 586 g/mol. The van der Waals surface area contributed by atoms with E-state index in [1.165, 1.54) is 96.3 Å². The van der Waals surface area contributed by atoms with Gasteiger partial charge in [-0.1, -0.05) is 140 Å². The van der Waals surface area contributed by atoms with Gasteiger partial charge in [0.25, 0.3) is 0 Å². The molecule has 10 aromatic rings. The minimum atomic E-state index is 1.25. The summed E-state index contributed by atoms with van der Waals surface area (Å²) in [6.07, 6.45) is 0. The third-order valence-electron chi connectivity index (χ3n) is 9.62. The standard InChI is InChI=1S/C44H26S/c1-2-10-29-24-30(17-16-27(29)8-1)31-19-21-37-38-22-20-32(26-42(38)36-13-6-5-12-35(36)41(37)25-31)34-14-7-15-39-40-23-18-28-9-3-4-11-33(28)43(40)45-44(34)39/h1-26H. The van der Waals surface area contributed by atoms with Crippen LogP contribution >= 0.6 is 11.3 Å². The molecule has 0 aliphatic heterocycles. The molecule has 208 valence electrons. The third-order valence-corrected chi connectivity index (χ3v) is 10.9. The van der Waals surface area contributed by atoms with Crippen LogP contribution in [0, 0.1) is 0 Å². The van der Waals surface area contributed by atoms with Gasteiger partial charge in [-0.15, -0.1) is 11.3 Å². The Hall–Kier alpha value is -5.50. The lowest BCUT2D eigenvalue weighted by Crippen LogP contribution is -1.87. The first-order valence-electron chi connectivity index (χ1n) is 15.5. The Morgan fingerprint density at radius 3 is 1.58 bits per heavy atom. The maximum atomic E-state index is 2.42. The van der Waals surface area contributed by atoms with E-state index in [1.807, 2.05) is 11.3 Å². The van der Waals surface area contributed by atoms with Gasteiger partial charge in [0.2, 0.25) is 0 Å². The fraction of sp³-hybridized carbons (Fsp3) is 0. The van der Waals surface area contributed by atoms with Gasteiger partial charge in [-0.2, -0.15) is 0 Å². The number of benzene rings is 9. The van der Waals surface area contributed by atoms with E-state index in [9.17, 15) is 0 Å². The SMILES string of the molecule is c1ccc2cc(-c3ccc4c5ccc(-c6cccc7c6sc6c8ccccc8ccc76)cc5c5ccccc5c4c3)ccc2c1. The van der Waals surface area contributed by atoms with Gasteiger partial charge < -0.3 is 0 Å². The molecule has 0 atom stereocenters. The van der Waals surface area contributed by atoms with Gasteiger partial charge in [0.05, 0.1) is 0 Å². The molecule has 0 spiro atoms. The third kappa shape index (κ3) is 3.72. The van der Waals surface area contributed by atoms with Gasteiger partial charge in [0.1, 0.15) is 0 Å². The minimum absolute atomic E-state index is 1.25. The molecule has 0 bridgehead atoms. The van der Waals surface area contributed by atoms with Crippen LogP contribution in [0.3, 0.4) is 0 Å². The van der Waals surface area contributed by atoms with Crippen molar-refractivity contribution in [2.24, 2.45) is 0 Å². The van der Waals surface area contributed by atoms with Crippen molar-refractivity contribution in [2.45, 2.75) is 0 Å². The Morgan fingerprint density at radius 1 is 0.267 bits per heavy atom. The zero-order valence-corrected chi connectivity index (χ0v) is 25.2. The summed E-state index contributed by atoms with van der Waals surface area (Å²) < 4.78 is 2.73. The highest BCUT2D eigenvalue weighted by Gasteiger charge is 2.15. The summed E-state index contributed by atoms with van der Waals surface area (Å²) in [5.74, 6) is 0. The molecule has 10 rings (SSSR count). The van der Waals surface area contributed by atoms with Crippen LogP contribution < -0.4 is 0 Å². The van der Waals surface area contributed by atoms with Crippen molar-refractivity contribution in [2.75, 3.05) is 0 Å².